The van der Waals surface area contributed by atoms with Crippen LogP contribution in [0.2, 0.25) is 0 Å². The molecule has 0 saturated heterocycles. The predicted molar refractivity (Wildman–Crippen MR) is 61.8 cm³/mol. The summed E-state index contributed by atoms with van der Waals surface area (Å²) < 4.78 is 21.3. The van der Waals surface area contributed by atoms with E-state index in [9.17, 15) is 4.39 Å². The third-order valence-electron chi connectivity index (χ3n) is 2.26. The minimum absolute atomic E-state index is 0.0838. The standard InChI is InChI=1S/C11H12FN3S/c1-2-13-11(10-7-14-16-15-10)8-4-3-5-9(12)6-8/h3-7,11,13H,2H2,1H3. The van der Waals surface area contributed by atoms with Crippen LogP contribution in [-0.4, -0.2) is 15.3 Å². The monoisotopic (exact) mass is 237 g/mol. The summed E-state index contributed by atoms with van der Waals surface area (Å²) in [6.45, 7) is 2.80. The average molecular weight is 237 g/mol. The summed E-state index contributed by atoms with van der Waals surface area (Å²) in [6, 6.07) is 6.46. The highest BCUT2D eigenvalue weighted by molar-refractivity contribution is 6.99. The molecule has 1 N–H and O–H groups in total. The molecular formula is C11H12FN3S. The maximum atomic E-state index is 13.1. The van der Waals surface area contributed by atoms with Crippen LogP contribution in [0, 0.1) is 5.82 Å². The Hall–Kier alpha value is -1.33. The van der Waals surface area contributed by atoms with Gasteiger partial charge in [0.15, 0.2) is 0 Å². The zero-order valence-electron chi connectivity index (χ0n) is 8.85. The van der Waals surface area contributed by atoms with Gasteiger partial charge in [0.25, 0.3) is 0 Å². The van der Waals surface area contributed by atoms with Gasteiger partial charge < -0.3 is 5.32 Å². The molecule has 0 radical (unpaired) electrons. The van der Waals surface area contributed by atoms with E-state index >= 15 is 0 Å². The van der Waals surface area contributed by atoms with Crippen LogP contribution in [0.1, 0.15) is 24.2 Å². The molecule has 0 aliphatic rings. The van der Waals surface area contributed by atoms with Gasteiger partial charge in [-0.25, -0.2) is 4.39 Å². The van der Waals surface area contributed by atoms with Crippen molar-refractivity contribution < 1.29 is 4.39 Å². The van der Waals surface area contributed by atoms with E-state index in [1.807, 2.05) is 13.0 Å². The van der Waals surface area contributed by atoms with Crippen molar-refractivity contribution in [2.24, 2.45) is 0 Å². The van der Waals surface area contributed by atoms with Gasteiger partial charge in [-0.15, -0.1) is 0 Å². The zero-order valence-corrected chi connectivity index (χ0v) is 9.67. The Kier molecular flexibility index (Phi) is 3.58. The Bertz CT molecular complexity index is 444. The van der Waals surface area contributed by atoms with Gasteiger partial charge in [0.05, 0.1) is 29.7 Å². The fourth-order valence-corrected chi connectivity index (χ4v) is 2.03. The van der Waals surface area contributed by atoms with Gasteiger partial charge in [-0.2, -0.15) is 8.75 Å². The fraction of sp³-hybridized carbons (Fsp3) is 0.273. The third kappa shape index (κ3) is 2.43. The molecule has 1 atom stereocenters. The van der Waals surface area contributed by atoms with E-state index in [1.54, 1.807) is 12.3 Å². The number of rotatable bonds is 4. The van der Waals surface area contributed by atoms with Crippen molar-refractivity contribution in [2.45, 2.75) is 13.0 Å². The van der Waals surface area contributed by atoms with Gasteiger partial charge in [-0.1, -0.05) is 19.1 Å². The van der Waals surface area contributed by atoms with Crippen molar-refractivity contribution in [3.05, 3.63) is 47.5 Å². The van der Waals surface area contributed by atoms with E-state index in [0.717, 1.165) is 29.5 Å². The first-order chi connectivity index (χ1) is 7.81. The van der Waals surface area contributed by atoms with Crippen LogP contribution in [0.5, 0.6) is 0 Å². The molecule has 2 aromatic rings. The lowest BCUT2D eigenvalue weighted by Gasteiger charge is -2.15. The summed E-state index contributed by atoms with van der Waals surface area (Å²) in [7, 11) is 0. The van der Waals surface area contributed by atoms with Crippen molar-refractivity contribution in [2.75, 3.05) is 6.54 Å². The second kappa shape index (κ2) is 5.14. The van der Waals surface area contributed by atoms with E-state index < -0.39 is 0 Å². The average Bonchev–Trinajstić information content (AvgIpc) is 2.79. The van der Waals surface area contributed by atoms with Gasteiger partial charge in [0.1, 0.15) is 5.82 Å². The van der Waals surface area contributed by atoms with Gasteiger partial charge in [0, 0.05) is 0 Å². The number of hydrogen-bond donors (Lipinski definition) is 1. The molecule has 1 aromatic heterocycles. The first kappa shape index (κ1) is 11.2. The van der Waals surface area contributed by atoms with Crippen LogP contribution in [0.3, 0.4) is 0 Å². The first-order valence-electron chi connectivity index (χ1n) is 5.07. The molecule has 5 heteroatoms. The van der Waals surface area contributed by atoms with E-state index in [-0.39, 0.29) is 11.9 Å². The maximum Gasteiger partial charge on any atom is 0.123 e. The van der Waals surface area contributed by atoms with Gasteiger partial charge in [-0.3, -0.25) is 0 Å². The highest BCUT2D eigenvalue weighted by Gasteiger charge is 2.15. The molecule has 2 rings (SSSR count). The van der Waals surface area contributed by atoms with Crippen LogP contribution in [0.25, 0.3) is 0 Å². The first-order valence-corrected chi connectivity index (χ1v) is 5.80. The Labute approximate surface area is 97.7 Å². The summed E-state index contributed by atoms with van der Waals surface area (Å²) in [5, 5.41) is 3.27. The van der Waals surface area contributed by atoms with Gasteiger partial charge in [0.2, 0.25) is 0 Å². The number of benzene rings is 1. The summed E-state index contributed by atoms with van der Waals surface area (Å²) >= 11 is 1.16. The molecule has 84 valence electrons. The van der Waals surface area contributed by atoms with Crippen molar-refractivity contribution in [3.8, 4) is 0 Å². The van der Waals surface area contributed by atoms with E-state index in [0.29, 0.717) is 0 Å². The largest absolute Gasteiger partial charge is 0.305 e. The quantitative estimate of drug-likeness (QED) is 0.887. The van der Waals surface area contributed by atoms with Crippen LogP contribution in [0.4, 0.5) is 4.39 Å². The van der Waals surface area contributed by atoms with E-state index in [1.165, 1.54) is 12.1 Å². The molecule has 0 aliphatic heterocycles. The van der Waals surface area contributed by atoms with Crippen LogP contribution in [0.15, 0.2) is 30.5 Å². The molecule has 1 heterocycles. The molecule has 1 unspecified atom stereocenters. The summed E-state index contributed by atoms with van der Waals surface area (Å²) in [5.74, 6) is -0.233. The van der Waals surface area contributed by atoms with Crippen LogP contribution >= 0.6 is 11.7 Å². The third-order valence-corrected chi connectivity index (χ3v) is 2.76. The Morgan fingerprint density at radius 3 is 3.00 bits per heavy atom. The lowest BCUT2D eigenvalue weighted by molar-refractivity contribution is 0.598. The van der Waals surface area contributed by atoms with Crippen molar-refractivity contribution in [1.82, 2.24) is 14.1 Å². The summed E-state index contributed by atoms with van der Waals surface area (Å²) in [5.41, 5.74) is 1.70. The Balaban J connectivity index is 2.33. The molecule has 0 spiro atoms. The highest BCUT2D eigenvalue weighted by Crippen LogP contribution is 2.21. The lowest BCUT2D eigenvalue weighted by atomic mass is 10.0. The molecular weight excluding hydrogens is 225 g/mol. The smallest absolute Gasteiger partial charge is 0.123 e. The van der Waals surface area contributed by atoms with Crippen molar-refractivity contribution >= 4 is 11.7 Å². The SMILES string of the molecule is CCNC(c1cccc(F)c1)c1cnsn1. The number of hydrogen-bond acceptors (Lipinski definition) is 4. The number of nitrogens with one attached hydrogen (secondary N) is 1. The highest BCUT2D eigenvalue weighted by atomic mass is 32.1. The molecule has 0 fully saturated rings. The minimum atomic E-state index is -0.233. The molecule has 0 saturated carbocycles. The van der Waals surface area contributed by atoms with Crippen LogP contribution in [-0.2, 0) is 0 Å². The van der Waals surface area contributed by atoms with E-state index in [2.05, 4.69) is 14.1 Å². The topological polar surface area (TPSA) is 37.8 Å². The predicted octanol–water partition coefficient (Wildman–Crippen LogP) is 2.38. The zero-order chi connectivity index (χ0) is 11.4. The molecule has 3 nitrogen and oxygen atoms in total. The number of nitrogens with zero attached hydrogens (tertiary/aromatic N) is 2. The maximum absolute atomic E-state index is 13.1. The normalized spacial score (nSPS) is 12.6. The van der Waals surface area contributed by atoms with E-state index in [4.69, 9.17) is 0 Å². The Morgan fingerprint density at radius 1 is 1.50 bits per heavy atom. The second-order valence-electron chi connectivity index (χ2n) is 3.38. The number of halogens is 1. The summed E-state index contributed by atoms with van der Waals surface area (Å²) in [4.78, 5) is 0. The molecule has 1 aromatic carbocycles. The van der Waals surface area contributed by atoms with Gasteiger partial charge >= 0.3 is 0 Å². The van der Waals surface area contributed by atoms with Crippen LogP contribution < -0.4 is 5.32 Å². The van der Waals surface area contributed by atoms with Crippen molar-refractivity contribution in [1.29, 1.82) is 0 Å². The summed E-state index contributed by atoms with van der Waals surface area (Å²) in [6.07, 6.45) is 1.71. The molecule has 0 amide bonds. The molecule has 0 aliphatic carbocycles. The second-order valence-corrected chi connectivity index (χ2v) is 3.93. The lowest BCUT2D eigenvalue weighted by Crippen LogP contribution is -2.22. The molecule has 16 heavy (non-hydrogen) atoms. The minimum Gasteiger partial charge on any atom is -0.305 e. The molecule has 0 bridgehead atoms. The van der Waals surface area contributed by atoms with Gasteiger partial charge in [-0.05, 0) is 24.2 Å². The fourth-order valence-electron chi connectivity index (χ4n) is 1.58. The van der Waals surface area contributed by atoms with Crippen molar-refractivity contribution in [3.63, 3.8) is 0 Å². The Morgan fingerprint density at radius 2 is 2.38 bits per heavy atom. The number of aromatic nitrogens is 2.